The van der Waals surface area contributed by atoms with Crippen LogP contribution in [-0.4, -0.2) is 70.1 Å². The predicted molar refractivity (Wildman–Crippen MR) is 105 cm³/mol. The highest BCUT2D eigenvalue weighted by Crippen LogP contribution is 2.26. The van der Waals surface area contributed by atoms with Gasteiger partial charge in [-0.1, -0.05) is 6.07 Å². The number of carbonyl (C=O) groups is 1. The average molecular weight is 381 g/mol. The molecule has 2 aliphatic rings. The Bertz CT molecular complexity index is 800. The van der Waals surface area contributed by atoms with E-state index in [0.29, 0.717) is 37.8 Å². The number of amides is 1. The minimum atomic E-state index is 0.0116. The molecule has 2 aromatic heterocycles. The van der Waals surface area contributed by atoms with E-state index in [9.17, 15) is 4.79 Å². The van der Waals surface area contributed by atoms with Crippen molar-refractivity contribution in [2.45, 2.75) is 32.2 Å². The molecule has 4 heterocycles. The molecule has 28 heavy (non-hydrogen) atoms. The van der Waals surface area contributed by atoms with Crippen molar-refractivity contribution in [3.05, 3.63) is 53.4 Å². The van der Waals surface area contributed by atoms with E-state index in [1.807, 2.05) is 30.2 Å². The number of likely N-dealkylation sites (tertiary alicyclic amines) is 1. The minimum Gasteiger partial charge on any atom is -0.378 e. The van der Waals surface area contributed by atoms with Gasteiger partial charge >= 0.3 is 0 Å². The summed E-state index contributed by atoms with van der Waals surface area (Å²) in [5.41, 5.74) is 2.50. The summed E-state index contributed by atoms with van der Waals surface area (Å²) in [4.78, 5) is 30.6. The van der Waals surface area contributed by atoms with Crippen LogP contribution in [0.15, 0.2) is 30.6 Å². The number of carbonyl (C=O) groups excluding carboxylic acids is 1. The number of piperidine rings is 1. The van der Waals surface area contributed by atoms with Crippen molar-refractivity contribution >= 4 is 5.91 Å². The summed E-state index contributed by atoms with van der Waals surface area (Å²) in [5.74, 6) is 1.23. The Labute approximate surface area is 165 Å². The van der Waals surface area contributed by atoms with Gasteiger partial charge in [-0.25, -0.2) is 9.97 Å². The van der Waals surface area contributed by atoms with Gasteiger partial charge < -0.3 is 9.64 Å². The topological polar surface area (TPSA) is 71.5 Å². The lowest BCUT2D eigenvalue weighted by atomic mass is 9.95. The summed E-state index contributed by atoms with van der Waals surface area (Å²) >= 11 is 0. The molecule has 0 atom stereocenters. The van der Waals surface area contributed by atoms with Crippen molar-refractivity contribution in [1.82, 2.24) is 24.8 Å². The monoisotopic (exact) mass is 381 g/mol. The highest BCUT2D eigenvalue weighted by atomic mass is 16.5. The summed E-state index contributed by atoms with van der Waals surface area (Å²) in [6.45, 7) is 7.29. The number of aryl methyl sites for hydroxylation is 1. The number of nitrogens with zero attached hydrogens (tertiary/aromatic N) is 5. The van der Waals surface area contributed by atoms with E-state index >= 15 is 0 Å². The third-order valence-electron chi connectivity index (χ3n) is 5.59. The largest absolute Gasteiger partial charge is 0.378 e. The Morgan fingerprint density at radius 3 is 2.61 bits per heavy atom. The second kappa shape index (κ2) is 8.75. The summed E-state index contributed by atoms with van der Waals surface area (Å²) in [5, 5.41) is 0. The highest BCUT2D eigenvalue weighted by molar-refractivity contribution is 5.95. The quantitative estimate of drug-likeness (QED) is 0.807. The number of hydrogen-bond donors (Lipinski definition) is 0. The van der Waals surface area contributed by atoms with Crippen LogP contribution in [0.4, 0.5) is 0 Å². The molecule has 0 spiro atoms. The molecule has 4 rings (SSSR count). The first-order chi connectivity index (χ1) is 13.7. The Morgan fingerprint density at radius 2 is 1.93 bits per heavy atom. The van der Waals surface area contributed by atoms with Crippen molar-refractivity contribution in [1.29, 1.82) is 0 Å². The molecule has 2 aliphatic heterocycles. The second-order valence-corrected chi connectivity index (χ2v) is 7.50. The van der Waals surface area contributed by atoms with Gasteiger partial charge in [0.2, 0.25) is 0 Å². The van der Waals surface area contributed by atoms with Gasteiger partial charge in [0, 0.05) is 37.9 Å². The minimum absolute atomic E-state index is 0.0116. The summed E-state index contributed by atoms with van der Waals surface area (Å²) in [6.07, 6.45) is 5.63. The third-order valence-corrected chi connectivity index (χ3v) is 5.59. The van der Waals surface area contributed by atoms with E-state index in [2.05, 4.69) is 20.9 Å². The van der Waals surface area contributed by atoms with Gasteiger partial charge in [-0.15, -0.1) is 0 Å². The van der Waals surface area contributed by atoms with Crippen LogP contribution in [0.1, 0.15) is 46.3 Å². The molecule has 7 heteroatoms. The normalized spacial score (nSPS) is 19.0. The van der Waals surface area contributed by atoms with E-state index in [1.165, 1.54) is 0 Å². The molecule has 2 saturated heterocycles. The first-order valence-electron chi connectivity index (χ1n) is 10.0. The fraction of sp³-hybridized carbons (Fsp3) is 0.524. The number of pyridine rings is 1. The maximum atomic E-state index is 12.7. The fourth-order valence-corrected chi connectivity index (χ4v) is 3.90. The maximum Gasteiger partial charge on any atom is 0.257 e. The SMILES string of the molecule is Cc1nc(C2CCN(Cc3ccccn3)CC2)ncc1C(=O)N1CCOCC1. The van der Waals surface area contributed by atoms with Gasteiger partial charge in [0.15, 0.2) is 0 Å². The van der Waals surface area contributed by atoms with Gasteiger partial charge in [-0.05, 0) is 45.0 Å². The van der Waals surface area contributed by atoms with Gasteiger partial charge in [0.05, 0.1) is 30.2 Å². The summed E-state index contributed by atoms with van der Waals surface area (Å²) < 4.78 is 5.33. The van der Waals surface area contributed by atoms with Crippen LogP contribution < -0.4 is 0 Å². The lowest BCUT2D eigenvalue weighted by Gasteiger charge is -2.31. The Morgan fingerprint density at radius 1 is 1.14 bits per heavy atom. The molecular formula is C21H27N5O2. The molecule has 0 bridgehead atoms. The predicted octanol–water partition coefficient (Wildman–Crippen LogP) is 2.03. The number of morpholine rings is 1. The Kier molecular flexibility index (Phi) is 5.92. The smallest absolute Gasteiger partial charge is 0.257 e. The van der Waals surface area contributed by atoms with Crippen LogP contribution in [0, 0.1) is 6.92 Å². The van der Waals surface area contributed by atoms with E-state index in [4.69, 9.17) is 9.72 Å². The van der Waals surface area contributed by atoms with Gasteiger partial charge in [-0.3, -0.25) is 14.7 Å². The van der Waals surface area contributed by atoms with Crippen molar-refractivity contribution in [2.24, 2.45) is 0 Å². The average Bonchev–Trinajstić information content (AvgIpc) is 2.75. The van der Waals surface area contributed by atoms with Crippen molar-refractivity contribution < 1.29 is 9.53 Å². The molecule has 0 N–H and O–H groups in total. The van der Waals surface area contributed by atoms with Crippen LogP contribution >= 0.6 is 0 Å². The number of hydrogen-bond acceptors (Lipinski definition) is 6. The summed E-state index contributed by atoms with van der Waals surface area (Å²) in [7, 11) is 0. The molecule has 0 saturated carbocycles. The van der Waals surface area contributed by atoms with Crippen LogP contribution in [0.25, 0.3) is 0 Å². The maximum absolute atomic E-state index is 12.7. The van der Waals surface area contributed by atoms with Crippen molar-refractivity contribution in [2.75, 3.05) is 39.4 Å². The van der Waals surface area contributed by atoms with Crippen LogP contribution in [0.3, 0.4) is 0 Å². The molecule has 2 aromatic rings. The van der Waals surface area contributed by atoms with Crippen molar-refractivity contribution in [3.8, 4) is 0 Å². The van der Waals surface area contributed by atoms with Gasteiger partial charge in [0.25, 0.3) is 5.91 Å². The Hall–Kier alpha value is -2.38. The third kappa shape index (κ3) is 4.36. The molecule has 2 fully saturated rings. The van der Waals surface area contributed by atoms with Crippen LogP contribution in [-0.2, 0) is 11.3 Å². The Balaban J connectivity index is 1.36. The zero-order valence-electron chi connectivity index (χ0n) is 16.4. The number of rotatable bonds is 4. The van der Waals surface area contributed by atoms with Gasteiger partial charge in [-0.2, -0.15) is 0 Å². The number of ether oxygens (including phenoxy) is 1. The van der Waals surface area contributed by atoms with Crippen LogP contribution in [0.5, 0.6) is 0 Å². The highest BCUT2D eigenvalue weighted by Gasteiger charge is 2.25. The lowest BCUT2D eigenvalue weighted by molar-refractivity contribution is 0.0301. The lowest BCUT2D eigenvalue weighted by Crippen LogP contribution is -2.41. The van der Waals surface area contributed by atoms with E-state index in [0.717, 1.165) is 49.7 Å². The van der Waals surface area contributed by atoms with E-state index < -0.39 is 0 Å². The molecule has 0 unspecified atom stereocenters. The standard InChI is InChI=1S/C21H27N5O2/c1-16-19(21(27)26-10-12-28-13-11-26)14-23-20(24-16)17-5-8-25(9-6-17)15-18-4-2-3-7-22-18/h2-4,7,14,17H,5-6,8-13,15H2,1H3. The molecule has 0 aromatic carbocycles. The first kappa shape index (κ1) is 19.0. The molecule has 0 radical (unpaired) electrons. The summed E-state index contributed by atoms with van der Waals surface area (Å²) in [6, 6.07) is 6.05. The zero-order valence-corrected chi connectivity index (χ0v) is 16.4. The second-order valence-electron chi connectivity index (χ2n) is 7.50. The van der Waals surface area contributed by atoms with Crippen molar-refractivity contribution in [3.63, 3.8) is 0 Å². The number of aromatic nitrogens is 3. The molecular weight excluding hydrogens is 354 g/mol. The van der Waals surface area contributed by atoms with E-state index in [-0.39, 0.29) is 5.91 Å². The fourth-order valence-electron chi connectivity index (χ4n) is 3.90. The zero-order chi connectivity index (χ0) is 19.3. The molecule has 7 nitrogen and oxygen atoms in total. The molecule has 0 aliphatic carbocycles. The molecule has 148 valence electrons. The first-order valence-corrected chi connectivity index (χ1v) is 10.0. The van der Waals surface area contributed by atoms with Crippen LogP contribution in [0.2, 0.25) is 0 Å². The van der Waals surface area contributed by atoms with E-state index in [1.54, 1.807) is 6.20 Å². The molecule has 1 amide bonds. The van der Waals surface area contributed by atoms with Gasteiger partial charge in [0.1, 0.15) is 5.82 Å².